The van der Waals surface area contributed by atoms with Gasteiger partial charge in [-0.15, -0.1) is 0 Å². The second-order valence-corrected chi connectivity index (χ2v) is 4.32. The van der Waals surface area contributed by atoms with E-state index in [-0.39, 0.29) is 12.1 Å². The number of hydrogen-bond donors (Lipinski definition) is 0. The topological polar surface area (TPSA) is 47.9 Å². The molecule has 0 saturated heterocycles. The normalized spacial score (nSPS) is 22.3. The van der Waals surface area contributed by atoms with Gasteiger partial charge in [0.15, 0.2) is 6.04 Å². The van der Waals surface area contributed by atoms with Crippen molar-refractivity contribution in [2.75, 3.05) is 6.61 Å². The van der Waals surface area contributed by atoms with Crippen LogP contribution in [0.5, 0.6) is 0 Å². The highest BCUT2D eigenvalue weighted by atomic mass is 16.5. The first-order valence-corrected chi connectivity index (χ1v) is 6.10. The summed E-state index contributed by atoms with van der Waals surface area (Å²) < 4.78 is 10.6. The zero-order valence-corrected chi connectivity index (χ0v) is 10.8. The zero-order valence-electron chi connectivity index (χ0n) is 10.8. The number of rotatable bonds is 3. The number of nitrogens with zero attached hydrogens (tertiary/aromatic N) is 1. The van der Waals surface area contributed by atoms with Crippen molar-refractivity contribution in [2.24, 2.45) is 4.99 Å². The molecule has 0 saturated carbocycles. The molecule has 0 aromatic heterocycles. The van der Waals surface area contributed by atoms with Crippen LogP contribution in [0, 0.1) is 6.92 Å². The molecular formula is C14H17NO3. The Hall–Kier alpha value is -1.84. The molecule has 18 heavy (non-hydrogen) atoms. The number of esters is 1. The molecule has 0 unspecified atom stereocenters. The van der Waals surface area contributed by atoms with Crippen molar-refractivity contribution in [3.05, 3.63) is 35.4 Å². The predicted molar refractivity (Wildman–Crippen MR) is 68.7 cm³/mol. The Morgan fingerprint density at radius 3 is 2.94 bits per heavy atom. The van der Waals surface area contributed by atoms with Crippen molar-refractivity contribution >= 4 is 11.9 Å². The monoisotopic (exact) mass is 247 g/mol. The first-order chi connectivity index (χ1) is 8.61. The Morgan fingerprint density at radius 1 is 1.50 bits per heavy atom. The van der Waals surface area contributed by atoms with Gasteiger partial charge in [0, 0.05) is 5.56 Å². The fourth-order valence-corrected chi connectivity index (χ4v) is 1.89. The second-order valence-electron chi connectivity index (χ2n) is 4.32. The van der Waals surface area contributed by atoms with Gasteiger partial charge in [-0.25, -0.2) is 9.79 Å². The molecule has 0 N–H and O–H groups in total. The number of ether oxygens (including phenoxy) is 2. The molecule has 1 aromatic rings. The number of carbonyl (C=O) groups excluding carboxylic acids is 1. The Kier molecular flexibility index (Phi) is 3.65. The molecule has 0 spiro atoms. The molecule has 96 valence electrons. The van der Waals surface area contributed by atoms with Gasteiger partial charge in [-0.05, 0) is 32.9 Å². The third-order valence-electron chi connectivity index (χ3n) is 2.79. The zero-order chi connectivity index (χ0) is 13.1. The Bertz CT molecular complexity index is 482. The first kappa shape index (κ1) is 12.6. The van der Waals surface area contributed by atoms with E-state index < -0.39 is 6.04 Å². The molecular weight excluding hydrogens is 230 g/mol. The van der Waals surface area contributed by atoms with Crippen LogP contribution in [-0.2, 0) is 14.3 Å². The highest BCUT2D eigenvalue weighted by molar-refractivity contribution is 5.98. The molecule has 0 radical (unpaired) electrons. The van der Waals surface area contributed by atoms with Gasteiger partial charge in [0.1, 0.15) is 6.10 Å². The lowest BCUT2D eigenvalue weighted by molar-refractivity contribution is -0.145. The quantitative estimate of drug-likeness (QED) is 0.768. The van der Waals surface area contributed by atoms with Crippen LogP contribution in [-0.4, -0.2) is 30.6 Å². The molecule has 1 aliphatic rings. The summed E-state index contributed by atoms with van der Waals surface area (Å²) in [5, 5.41) is 0. The van der Waals surface area contributed by atoms with Crippen LogP contribution in [0.1, 0.15) is 25.0 Å². The van der Waals surface area contributed by atoms with Gasteiger partial charge in [0.2, 0.25) is 5.90 Å². The van der Waals surface area contributed by atoms with Gasteiger partial charge in [0.25, 0.3) is 0 Å². The first-order valence-electron chi connectivity index (χ1n) is 6.10. The lowest BCUT2D eigenvalue weighted by Gasteiger charge is -2.11. The highest BCUT2D eigenvalue weighted by Gasteiger charge is 2.34. The Labute approximate surface area is 107 Å². The van der Waals surface area contributed by atoms with Crippen LogP contribution in [0.25, 0.3) is 0 Å². The highest BCUT2D eigenvalue weighted by Crippen LogP contribution is 2.19. The van der Waals surface area contributed by atoms with Crippen molar-refractivity contribution in [3.8, 4) is 0 Å². The molecule has 0 fully saturated rings. The smallest absolute Gasteiger partial charge is 0.334 e. The maximum absolute atomic E-state index is 11.7. The van der Waals surface area contributed by atoms with Crippen molar-refractivity contribution in [2.45, 2.75) is 32.9 Å². The number of carbonyl (C=O) groups is 1. The van der Waals surface area contributed by atoms with Gasteiger partial charge in [0.05, 0.1) is 6.61 Å². The van der Waals surface area contributed by atoms with E-state index in [4.69, 9.17) is 9.47 Å². The summed E-state index contributed by atoms with van der Waals surface area (Å²) in [6.07, 6.45) is -0.278. The number of benzene rings is 1. The lowest BCUT2D eigenvalue weighted by Crippen LogP contribution is -2.29. The van der Waals surface area contributed by atoms with E-state index in [1.165, 1.54) is 0 Å². The van der Waals surface area contributed by atoms with E-state index in [1.807, 2.05) is 38.1 Å². The average Bonchev–Trinajstić information content (AvgIpc) is 2.72. The van der Waals surface area contributed by atoms with Crippen LogP contribution >= 0.6 is 0 Å². The van der Waals surface area contributed by atoms with Gasteiger partial charge >= 0.3 is 5.97 Å². The van der Waals surface area contributed by atoms with E-state index in [2.05, 4.69) is 4.99 Å². The molecule has 0 amide bonds. The molecule has 1 aromatic carbocycles. The molecule has 0 bridgehead atoms. The van der Waals surface area contributed by atoms with Crippen LogP contribution < -0.4 is 0 Å². The standard InChI is InChI=1S/C14H17NO3/c1-4-17-14(16)12-10(3)18-13(15-12)11-7-5-6-9(2)8-11/h5-8,10,12H,4H2,1-3H3/t10-,12+/m1/s1. The summed E-state index contributed by atoms with van der Waals surface area (Å²) in [4.78, 5) is 16.0. The fourth-order valence-electron chi connectivity index (χ4n) is 1.89. The number of aliphatic imine (C=N–C) groups is 1. The molecule has 2 atom stereocenters. The predicted octanol–water partition coefficient (Wildman–Crippen LogP) is 2.09. The maximum atomic E-state index is 11.7. The summed E-state index contributed by atoms with van der Waals surface area (Å²) in [5.41, 5.74) is 2.03. The van der Waals surface area contributed by atoms with Gasteiger partial charge in [-0.1, -0.05) is 17.7 Å². The molecule has 4 nitrogen and oxygen atoms in total. The van der Waals surface area contributed by atoms with E-state index in [0.717, 1.165) is 11.1 Å². The van der Waals surface area contributed by atoms with Gasteiger partial charge < -0.3 is 9.47 Å². The van der Waals surface area contributed by atoms with E-state index in [9.17, 15) is 4.79 Å². The Morgan fingerprint density at radius 2 is 2.28 bits per heavy atom. The SMILES string of the molecule is CCOC(=O)[C@H]1N=C(c2cccc(C)c2)O[C@@H]1C. The summed E-state index contributed by atoms with van der Waals surface area (Å²) >= 11 is 0. The van der Waals surface area contributed by atoms with Crippen molar-refractivity contribution < 1.29 is 14.3 Å². The summed E-state index contributed by atoms with van der Waals surface area (Å²) in [5.74, 6) is 0.192. The van der Waals surface area contributed by atoms with Crippen LogP contribution in [0.3, 0.4) is 0 Å². The van der Waals surface area contributed by atoms with Crippen LogP contribution in [0.4, 0.5) is 0 Å². The Balaban J connectivity index is 2.21. The minimum Gasteiger partial charge on any atom is -0.472 e. The van der Waals surface area contributed by atoms with Crippen molar-refractivity contribution in [1.82, 2.24) is 0 Å². The fraction of sp³-hybridized carbons (Fsp3) is 0.429. The van der Waals surface area contributed by atoms with E-state index in [1.54, 1.807) is 6.92 Å². The van der Waals surface area contributed by atoms with Crippen LogP contribution in [0.2, 0.25) is 0 Å². The van der Waals surface area contributed by atoms with Gasteiger partial charge in [-0.3, -0.25) is 0 Å². The molecule has 0 aliphatic carbocycles. The second kappa shape index (κ2) is 5.21. The summed E-state index contributed by atoms with van der Waals surface area (Å²) in [6, 6.07) is 7.30. The summed E-state index contributed by atoms with van der Waals surface area (Å²) in [6.45, 7) is 5.97. The number of hydrogen-bond acceptors (Lipinski definition) is 4. The lowest BCUT2D eigenvalue weighted by atomic mass is 10.1. The average molecular weight is 247 g/mol. The van der Waals surface area contributed by atoms with E-state index >= 15 is 0 Å². The van der Waals surface area contributed by atoms with Gasteiger partial charge in [-0.2, -0.15) is 0 Å². The maximum Gasteiger partial charge on any atom is 0.334 e. The third kappa shape index (κ3) is 2.53. The van der Waals surface area contributed by atoms with Crippen molar-refractivity contribution in [3.63, 3.8) is 0 Å². The molecule has 2 rings (SSSR count). The molecule has 4 heteroatoms. The largest absolute Gasteiger partial charge is 0.472 e. The molecule has 1 heterocycles. The van der Waals surface area contributed by atoms with Crippen LogP contribution in [0.15, 0.2) is 29.3 Å². The molecule has 1 aliphatic heterocycles. The minimum absolute atomic E-state index is 0.278. The van der Waals surface area contributed by atoms with Crippen molar-refractivity contribution in [1.29, 1.82) is 0 Å². The summed E-state index contributed by atoms with van der Waals surface area (Å²) in [7, 11) is 0. The number of aryl methyl sites for hydroxylation is 1. The van der Waals surface area contributed by atoms with E-state index in [0.29, 0.717) is 12.5 Å². The minimum atomic E-state index is -0.555. The third-order valence-corrected chi connectivity index (χ3v) is 2.79.